The van der Waals surface area contributed by atoms with Crippen molar-refractivity contribution in [1.29, 1.82) is 0 Å². The van der Waals surface area contributed by atoms with Gasteiger partial charge in [-0.15, -0.1) is 10.2 Å². The van der Waals surface area contributed by atoms with Gasteiger partial charge in [0.1, 0.15) is 6.33 Å². The second-order valence-corrected chi connectivity index (χ2v) is 3.46. The van der Waals surface area contributed by atoms with Gasteiger partial charge in [0.15, 0.2) is 5.82 Å². The van der Waals surface area contributed by atoms with Crippen LogP contribution in [0.2, 0.25) is 0 Å². The molecule has 0 spiro atoms. The molecule has 0 saturated heterocycles. The van der Waals surface area contributed by atoms with Gasteiger partial charge in [-0.25, -0.2) is 0 Å². The van der Waals surface area contributed by atoms with Gasteiger partial charge in [0.25, 0.3) is 0 Å². The number of hydrogen-bond donors (Lipinski definition) is 1. The lowest BCUT2D eigenvalue weighted by Gasteiger charge is -2.05. The summed E-state index contributed by atoms with van der Waals surface area (Å²) in [5, 5.41) is 7.99. The zero-order valence-corrected chi connectivity index (χ0v) is 9.13. The molecule has 84 valence electrons. The van der Waals surface area contributed by atoms with Gasteiger partial charge in [-0.05, 0) is 24.3 Å². The van der Waals surface area contributed by atoms with Crippen molar-refractivity contribution < 1.29 is 4.74 Å². The third kappa shape index (κ3) is 2.20. The lowest BCUT2D eigenvalue weighted by atomic mass is 10.2. The Bertz CT molecular complexity index is 449. The molecule has 1 aromatic carbocycles. The largest absolute Gasteiger partial charge is 0.399 e. The molecule has 0 bridgehead atoms. The van der Waals surface area contributed by atoms with Crippen LogP contribution in [0.3, 0.4) is 0 Å². The number of nitrogens with two attached hydrogens (primary N) is 1. The van der Waals surface area contributed by atoms with Crippen LogP contribution in [0.25, 0.3) is 11.4 Å². The average Bonchev–Trinajstić information content (AvgIpc) is 2.75. The van der Waals surface area contributed by atoms with Crippen LogP contribution in [0, 0.1) is 0 Å². The highest BCUT2D eigenvalue weighted by molar-refractivity contribution is 5.58. The lowest BCUT2D eigenvalue weighted by molar-refractivity contribution is 0.187. The fraction of sp³-hybridized carbons (Fsp3) is 0.273. The SMILES string of the molecule is COCCn1cnnc1-c1ccc(N)cc1. The number of aromatic nitrogens is 3. The predicted octanol–water partition coefficient (Wildman–Crippen LogP) is 1.17. The van der Waals surface area contributed by atoms with Crippen molar-refractivity contribution in [2.45, 2.75) is 6.54 Å². The number of anilines is 1. The van der Waals surface area contributed by atoms with Gasteiger partial charge in [0.2, 0.25) is 0 Å². The first kappa shape index (κ1) is 10.6. The van der Waals surface area contributed by atoms with Crippen LogP contribution in [0.4, 0.5) is 5.69 Å². The molecule has 0 saturated carbocycles. The maximum atomic E-state index is 5.64. The average molecular weight is 218 g/mol. The maximum Gasteiger partial charge on any atom is 0.163 e. The molecule has 16 heavy (non-hydrogen) atoms. The van der Waals surface area contributed by atoms with E-state index in [0.717, 1.165) is 23.6 Å². The highest BCUT2D eigenvalue weighted by Gasteiger charge is 2.06. The van der Waals surface area contributed by atoms with Crippen molar-refractivity contribution in [1.82, 2.24) is 14.8 Å². The van der Waals surface area contributed by atoms with Crippen molar-refractivity contribution in [3.63, 3.8) is 0 Å². The molecule has 1 aromatic heterocycles. The van der Waals surface area contributed by atoms with Crippen LogP contribution >= 0.6 is 0 Å². The third-order valence-corrected chi connectivity index (χ3v) is 2.32. The number of ether oxygens (including phenoxy) is 1. The molecular weight excluding hydrogens is 204 g/mol. The molecule has 5 heteroatoms. The fourth-order valence-corrected chi connectivity index (χ4v) is 1.46. The molecule has 1 heterocycles. The molecule has 2 N–H and O–H groups in total. The van der Waals surface area contributed by atoms with E-state index < -0.39 is 0 Å². The van der Waals surface area contributed by atoms with E-state index in [9.17, 15) is 0 Å². The number of nitrogens with zero attached hydrogens (tertiary/aromatic N) is 3. The summed E-state index contributed by atoms with van der Waals surface area (Å²) in [5.41, 5.74) is 7.38. The number of nitrogen functional groups attached to an aromatic ring is 1. The number of rotatable bonds is 4. The van der Waals surface area contributed by atoms with Crippen molar-refractivity contribution in [2.24, 2.45) is 0 Å². The lowest BCUT2D eigenvalue weighted by Crippen LogP contribution is -2.04. The molecule has 0 fully saturated rings. The molecule has 0 aliphatic heterocycles. The minimum absolute atomic E-state index is 0.639. The normalized spacial score (nSPS) is 10.6. The molecule has 2 rings (SSSR count). The predicted molar refractivity (Wildman–Crippen MR) is 61.7 cm³/mol. The van der Waals surface area contributed by atoms with E-state index >= 15 is 0 Å². The van der Waals surface area contributed by atoms with Gasteiger partial charge >= 0.3 is 0 Å². The van der Waals surface area contributed by atoms with Gasteiger partial charge in [0, 0.05) is 24.9 Å². The Hall–Kier alpha value is -1.88. The fourth-order valence-electron chi connectivity index (χ4n) is 1.46. The molecule has 0 radical (unpaired) electrons. The molecule has 0 aliphatic rings. The summed E-state index contributed by atoms with van der Waals surface area (Å²) in [6.45, 7) is 1.38. The summed E-state index contributed by atoms with van der Waals surface area (Å²) in [5.74, 6) is 0.831. The Kier molecular flexibility index (Phi) is 3.16. The quantitative estimate of drug-likeness (QED) is 0.782. The van der Waals surface area contributed by atoms with Crippen molar-refractivity contribution >= 4 is 5.69 Å². The second kappa shape index (κ2) is 4.76. The first-order chi connectivity index (χ1) is 7.81. The van der Waals surface area contributed by atoms with Crippen LogP contribution in [-0.2, 0) is 11.3 Å². The van der Waals surface area contributed by atoms with Gasteiger partial charge in [0.05, 0.1) is 6.61 Å². The van der Waals surface area contributed by atoms with Gasteiger partial charge < -0.3 is 15.0 Å². The molecule has 0 amide bonds. The third-order valence-electron chi connectivity index (χ3n) is 2.32. The Morgan fingerprint density at radius 1 is 1.31 bits per heavy atom. The Morgan fingerprint density at radius 2 is 2.06 bits per heavy atom. The van der Waals surface area contributed by atoms with Crippen LogP contribution in [0.15, 0.2) is 30.6 Å². The first-order valence-corrected chi connectivity index (χ1v) is 5.04. The summed E-state index contributed by atoms with van der Waals surface area (Å²) < 4.78 is 6.98. The van der Waals surface area contributed by atoms with Gasteiger partial charge in [-0.1, -0.05) is 0 Å². The van der Waals surface area contributed by atoms with Crippen LogP contribution in [0.5, 0.6) is 0 Å². The minimum Gasteiger partial charge on any atom is -0.399 e. The Morgan fingerprint density at radius 3 is 2.75 bits per heavy atom. The van der Waals surface area contributed by atoms with Crippen LogP contribution < -0.4 is 5.73 Å². The molecular formula is C11H14N4O. The Labute approximate surface area is 93.9 Å². The highest BCUT2D eigenvalue weighted by atomic mass is 16.5. The van der Waals surface area contributed by atoms with Crippen molar-refractivity contribution in [3.05, 3.63) is 30.6 Å². The first-order valence-electron chi connectivity index (χ1n) is 5.04. The minimum atomic E-state index is 0.639. The zero-order chi connectivity index (χ0) is 11.4. The summed E-state index contributed by atoms with van der Waals surface area (Å²) in [4.78, 5) is 0. The van der Waals surface area contributed by atoms with E-state index in [1.807, 2.05) is 28.8 Å². The molecule has 0 aliphatic carbocycles. The van der Waals surface area contributed by atoms with Crippen molar-refractivity contribution in [3.8, 4) is 11.4 Å². The zero-order valence-electron chi connectivity index (χ0n) is 9.13. The van der Waals surface area contributed by atoms with Gasteiger partial charge in [-0.2, -0.15) is 0 Å². The smallest absolute Gasteiger partial charge is 0.163 e. The van der Waals surface area contributed by atoms with E-state index in [4.69, 9.17) is 10.5 Å². The maximum absolute atomic E-state index is 5.64. The molecule has 0 unspecified atom stereocenters. The summed E-state index contributed by atoms with van der Waals surface area (Å²) >= 11 is 0. The van der Waals surface area contributed by atoms with E-state index in [-0.39, 0.29) is 0 Å². The van der Waals surface area contributed by atoms with E-state index in [1.54, 1.807) is 13.4 Å². The number of methoxy groups -OCH3 is 1. The molecule has 0 atom stereocenters. The number of hydrogen-bond acceptors (Lipinski definition) is 4. The summed E-state index contributed by atoms with van der Waals surface area (Å²) in [7, 11) is 1.67. The topological polar surface area (TPSA) is 66.0 Å². The highest BCUT2D eigenvalue weighted by Crippen LogP contribution is 2.17. The van der Waals surface area contributed by atoms with Crippen LogP contribution in [-0.4, -0.2) is 28.5 Å². The molecule has 5 nitrogen and oxygen atoms in total. The summed E-state index contributed by atoms with van der Waals surface area (Å²) in [6.07, 6.45) is 1.70. The second-order valence-electron chi connectivity index (χ2n) is 3.46. The number of benzene rings is 1. The van der Waals surface area contributed by atoms with E-state index in [0.29, 0.717) is 6.61 Å². The standard InChI is InChI=1S/C11H14N4O/c1-16-7-6-15-8-13-14-11(15)9-2-4-10(12)5-3-9/h2-5,8H,6-7,12H2,1H3. The van der Waals surface area contributed by atoms with E-state index in [2.05, 4.69) is 10.2 Å². The van der Waals surface area contributed by atoms with Crippen LogP contribution in [0.1, 0.15) is 0 Å². The van der Waals surface area contributed by atoms with Crippen molar-refractivity contribution in [2.75, 3.05) is 19.5 Å². The summed E-state index contributed by atoms with van der Waals surface area (Å²) in [6, 6.07) is 7.57. The Balaban J connectivity index is 2.26. The van der Waals surface area contributed by atoms with E-state index in [1.165, 1.54) is 0 Å². The monoisotopic (exact) mass is 218 g/mol. The van der Waals surface area contributed by atoms with Gasteiger partial charge in [-0.3, -0.25) is 0 Å². The molecule has 2 aromatic rings.